The van der Waals surface area contributed by atoms with Gasteiger partial charge in [-0.15, -0.1) is 0 Å². The van der Waals surface area contributed by atoms with Crippen LogP contribution in [0.5, 0.6) is 0 Å². The minimum Gasteiger partial charge on any atom is -0.394 e. The van der Waals surface area contributed by atoms with Gasteiger partial charge in [-0.2, -0.15) is 0 Å². The quantitative estimate of drug-likeness (QED) is 0.139. The van der Waals surface area contributed by atoms with Gasteiger partial charge in [0.05, 0.1) is 6.61 Å². The van der Waals surface area contributed by atoms with E-state index >= 15 is 0 Å². The second kappa shape index (κ2) is 10.5. The molecule has 1 heterocycles. The third kappa shape index (κ3) is 9.35. The van der Waals surface area contributed by atoms with Crippen molar-refractivity contribution in [3.63, 3.8) is 0 Å². The third-order valence-corrected chi connectivity index (χ3v) is 4.88. The molecule has 0 saturated carbocycles. The van der Waals surface area contributed by atoms with Crippen molar-refractivity contribution < 1.29 is 71.2 Å². The fraction of sp³-hybridized carbons (Fsp3) is 1.00. The Kier molecular flexibility index (Phi) is 9.83. The predicted molar refractivity (Wildman–Crippen MR) is 87.4 cm³/mol. The fourth-order valence-electron chi connectivity index (χ4n) is 2.34. The maximum atomic E-state index is 11.3. The summed E-state index contributed by atoms with van der Waals surface area (Å²) in [6, 6.07) is 0. The maximum Gasteiger partial charge on any atom is 0.470 e. The number of ether oxygens (including phenoxy) is 2. The number of phosphoric acid groups is 3. The van der Waals surface area contributed by atoms with E-state index in [1.165, 1.54) is 0 Å². The molecule has 5 atom stereocenters. The molecule has 0 amide bonds. The first-order chi connectivity index (χ1) is 12.7. The van der Waals surface area contributed by atoms with Gasteiger partial charge in [0.15, 0.2) is 6.29 Å². The maximum absolute atomic E-state index is 11.3. The molecule has 18 heteroatoms. The summed E-state index contributed by atoms with van der Waals surface area (Å²) < 4.78 is 57.5. The highest BCUT2D eigenvalue weighted by molar-refractivity contribution is 7.47. The Hall–Kier alpha value is 0.210. The molecule has 1 fully saturated rings. The summed E-state index contributed by atoms with van der Waals surface area (Å²) in [5.74, 6) is 0. The minimum absolute atomic E-state index is 0.0347. The zero-order valence-electron chi connectivity index (χ0n) is 14.5. The Labute approximate surface area is 159 Å². The lowest BCUT2D eigenvalue weighted by molar-refractivity contribution is -0.292. The number of hydrogen-bond donors (Lipinski definition) is 7. The summed E-state index contributed by atoms with van der Waals surface area (Å²) in [5.41, 5.74) is 0. The number of rotatable bonds is 11. The van der Waals surface area contributed by atoms with Crippen molar-refractivity contribution >= 4 is 23.5 Å². The SMILES string of the molecule is CCCCO[C@H]1O[C@H](CO)[C@@H](OP(=O)(O)O)[C@H](OP(=O)(O)O)[C@@H]1OP(=O)(O)O. The first-order valence-corrected chi connectivity index (χ1v) is 12.4. The van der Waals surface area contributed by atoms with Gasteiger partial charge < -0.3 is 43.9 Å². The zero-order valence-corrected chi connectivity index (χ0v) is 17.1. The highest BCUT2D eigenvalue weighted by atomic mass is 31.2. The third-order valence-electron chi connectivity index (χ3n) is 3.33. The van der Waals surface area contributed by atoms with Gasteiger partial charge in [-0.1, -0.05) is 13.3 Å². The molecule has 1 aliphatic rings. The van der Waals surface area contributed by atoms with Crippen LogP contribution < -0.4 is 0 Å². The van der Waals surface area contributed by atoms with Crippen LogP contribution in [0.1, 0.15) is 19.8 Å². The second-order valence-corrected chi connectivity index (χ2v) is 9.21. The first-order valence-electron chi connectivity index (χ1n) is 7.76. The van der Waals surface area contributed by atoms with Gasteiger partial charge in [0, 0.05) is 6.61 Å². The molecule has 0 aliphatic carbocycles. The van der Waals surface area contributed by atoms with E-state index in [0.717, 1.165) is 0 Å². The van der Waals surface area contributed by atoms with Crippen LogP contribution in [0.3, 0.4) is 0 Å². The van der Waals surface area contributed by atoms with E-state index in [-0.39, 0.29) is 6.61 Å². The van der Waals surface area contributed by atoms with Crippen molar-refractivity contribution in [2.75, 3.05) is 13.2 Å². The van der Waals surface area contributed by atoms with Crippen LogP contribution in [0.15, 0.2) is 0 Å². The Morgan fingerprint density at radius 1 is 0.821 bits per heavy atom. The van der Waals surface area contributed by atoms with E-state index in [1.54, 1.807) is 6.92 Å². The monoisotopic (exact) mass is 476 g/mol. The largest absolute Gasteiger partial charge is 0.470 e. The summed E-state index contributed by atoms with van der Waals surface area (Å²) in [6.07, 6.45) is -8.62. The first kappa shape index (κ1) is 26.2. The van der Waals surface area contributed by atoms with Gasteiger partial charge in [0.25, 0.3) is 0 Å². The van der Waals surface area contributed by atoms with Crippen LogP contribution in [0, 0.1) is 0 Å². The van der Waals surface area contributed by atoms with Gasteiger partial charge in [-0.3, -0.25) is 13.6 Å². The lowest BCUT2D eigenvalue weighted by Gasteiger charge is -2.44. The Morgan fingerprint density at radius 2 is 1.29 bits per heavy atom. The Morgan fingerprint density at radius 3 is 1.71 bits per heavy atom. The average Bonchev–Trinajstić information content (AvgIpc) is 2.49. The second-order valence-electron chi connectivity index (χ2n) is 5.63. The number of unbranched alkanes of at least 4 members (excludes halogenated alkanes) is 1. The van der Waals surface area contributed by atoms with Crippen LogP contribution in [0.2, 0.25) is 0 Å². The van der Waals surface area contributed by atoms with Crippen molar-refractivity contribution in [2.45, 2.75) is 50.5 Å². The van der Waals surface area contributed by atoms with Crippen molar-refractivity contribution in [3.8, 4) is 0 Å². The molecule has 1 rings (SSSR count). The number of hydrogen-bond acceptors (Lipinski definition) is 9. The fourth-order valence-corrected chi connectivity index (χ4v) is 4.00. The number of aliphatic hydroxyl groups excluding tert-OH is 1. The molecule has 0 unspecified atom stereocenters. The number of aliphatic hydroxyl groups is 1. The van der Waals surface area contributed by atoms with Gasteiger partial charge in [-0.05, 0) is 6.42 Å². The van der Waals surface area contributed by atoms with E-state index in [0.29, 0.717) is 12.8 Å². The molecule has 0 aromatic carbocycles. The highest BCUT2D eigenvalue weighted by Crippen LogP contribution is 2.50. The predicted octanol–water partition coefficient (Wildman–Crippen LogP) is -1.05. The lowest BCUT2D eigenvalue weighted by atomic mass is 9.99. The molecule has 0 aromatic rings. The molecular weight excluding hydrogens is 453 g/mol. The van der Waals surface area contributed by atoms with Crippen LogP contribution in [-0.2, 0) is 36.7 Å². The molecule has 0 radical (unpaired) electrons. The standard InChI is InChI=1S/C10H23O15P3/c1-2-3-4-21-10-9(25-28(18,19)20)8(24-27(15,16)17)7(6(5-11)22-10)23-26(12,13)14/h6-11H,2-5H2,1H3,(H2,12,13,14)(H2,15,16,17)(H2,18,19,20)/t6-,7-,8+,9+,10+/m1/s1. The van der Waals surface area contributed by atoms with E-state index in [1.807, 2.05) is 0 Å². The van der Waals surface area contributed by atoms with Gasteiger partial charge in [-0.25, -0.2) is 13.7 Å². The summed E-state index contributed by atoms with van der Waals surface area (Å²) >= 11 is 0. The summed E-state index contributed by atoms with van der Waals surface area (Å²) in [7, 11) is -16.0. The Balaban J connectivity index is 3.33. The van der Waals surface area contributed by atoms with Crippen LogP contribution in [0.25, 0.3) is 0 Å². The van der Waals surface area contributed by atoms with Crippen LogP contribution in [0.4, 0.5) is 0 Å². The summed E-state index contributed by atoms with van der Waals surface area (Å²) in [4.78, 5) is 54.5. The normalized spacial score (nSPS) is 29.8. The average molecular weight is 476 g/mol. The summed E-state index contributed by atoms with van der Waals surface area (Å²) in [5, 5.41) is 9.43. The number of phosphoric ester groups is 3. The molecule has 0 spiro atoms. The molecule has 0 aromatic heterocycles. The van der Waals surface area contributed by atoms with Gasteiger partial charge >= 0.3 is 23.5 Å². The van der Waals surface area contributed by atoms with Crippen LogP contribution >= 0.6 is 23.5 Å². The molecule has 28 heavy (non-hydrogen) atoms. The topological polar surface area (TPSA) is 239 Å². The van der Waals surface area contributed by atoms with Crippen LogP contribution in [-0.4, -0.2) is 78.4 Å². The van der Waals surface area contributed by atoms with E-state index < -0.39 is 60.8 Å². The van der Waals surface area contributed by atoms with E-state index in [4.69, 9.17) is 38.8 Å². The van der Waals surface area contributed by atoms with Crippen molar-refractivity contribution in [1.29, 1.82) is 0 Å². The lowest BCUT2D eigenvalue weighted by Crippen LogP contribution is -2.61. The smallest absolute Gasteiger partial charge is 0.394 e. The zero-order chi connectivity index (χ0) is 21.8. The van der Waals surface area contributed by atoms with Crippen molar-refractivity contribution in [3.05, 3.63) is 0 Å². The van der Waals surface area contributed by atoms with E-state index in [2.05, 4.69) is 13.6 Å². The highest BCUT2D eigenvalue weighted by Gasteiger charge is 2.54. The summed E-state index contributed by atoms with van der Waals surface area (Å²) in [6.45, 7) is 0.795. The van der Waals surface area contributed by atoms with Crippen molar-refractivity contribution in [2.24, 2.45) is 0 Å². The Bertz CT molecular complexity index is 624. The molecule has 1 saturated heterocycles. The van der Waals surface area contributed by atoms with Gasteiger partial charge in [0.1, 0.15) is 24.4 Å². The van der Waals surface area contributed by atoms with E-state index in [9.17, 15) is 18.8 Å². The molecule has 0 bridgehead atoms. The molecule has 1 aliphatic heterocycles. The molecule has 15 nitrogen and oxygen atoms in total. The van der Waals surface area contributed by atoms with Gasteiger partial charge in [0.2, 0.25) is 0 Å². The minimum atomic E-state index is -5.39. The molecular formula is C10H23O15P3. The molecule has 7 N–H and O–H groups in total. The molecule has 168 valence electrons. The van der Waals surface area contributed by atoms with Crippen molar-refractivity contribution in [1.82, 2.24) is 0 Å².